The van der Waals surface area contributed by atoms with Gasteiger partial charge in [0.05, 0.1) is 12.0 Å². The molecule has 2 N–H and O–H groups in total. The first kappa shape index (κ1) is 15.8. The van der Waals surface area contributed by atoms with Gasteiger partial charge in [-0.3, -0.25) is 4.90 Å². The van der Waals surface area contributed by atoms with Gasteiger partial charge in [-0.2, -0.15) is 0 Å². The highest BCUT2D eigenvalue weighted by molar-refractivity contribution is 5.62. The Balaban J connectivity index is 1.80. The topological polar surface area (TPSA) is 62.2 Å². The maximum Gasteiger partial charge on any atom is 0.141 e. The van der Waals surface area contributed by atoms with Crippen molar-refractivity contribution in [2.24, 2.45) is 0 Å². The molecule has 1 spiro atoms. The Kier molecular flexibility index (Phi) is 3.21. The van der Waals surface area contributed by atoms with Crippen LogP contribution in [0.15, 0.2) is 24.3 Å². The second-order valence-corrected chi connectivity index (χ2v) is 7.81. The fraction of sp³-hybridized carbons (Fsp3) is 0.600. The summed E-state index contributed by atoms with van der Waals surface area (Å²) in [6, 6.07) is 4.10. The molecule has 1 aromatic rings. The minimum absolute atomic E-state index is 0.0320. The van der Waals surface area contributed by atoms with E-state index < -0.39 is 11.0 Å². The molecule has 0 amide bonds. The molecule has 1 fully saturated rings. The van der Waals surface area contributed by atoms with Gasteiger partial charge in [0.15, 0.2) is 0 Å². The van der Waals surface area contributed by atoms with Crippen molar-refractivity contribution in [2.45, 2.75) is 55.6 Å². The van der Waals surface area contributed by atoms with Crippen LogP contribution >= 0.6 is 0 Å². The lowest BCUT2D eigenvalue weighted by Gasteiger charge is -2.61. The van der Waals surface area contributed by atoms with E-state index in [1.54, 1.807) is 0 Å². The number of aliphatic hydroxyl groups excluding tert-OH is 1. The van der Waals surface area contributed by atoms with Gasteiger partial charge in [-0.25, -0.2) is 0 Å². The molecule has 0 aromatic heterocycles. The van der Waals surface area contributed by atoms with E-state index in [0.717, 1.165) is 36.3 Å². The third-order valence-electron chi connectivity index (χ3n) is 6.90. The van der Waals surface area contributed by atoms with Crippen molar-refractivity contribution in [1.29, 1.82) is 0 Å². The quantitative estimate of drug-likeness (QED) is 0.806. The third-order valence-corrected chi connectivity index (χ3v) is 6.90. The molecule has 4 aliphatic rings. The number of hydrogen-bond acceptors (Lipinski definition) is 5. The van der Waals surface area contributed by atoms with Crippen molar-refractivity contribution >= 4 is 0 Å². The molecule has 2 bridgehead atoms. The number of piperidine rings is 1. The minimum Gasteiger partial charge on any atom is -0.486 e. The summed E-state index contributed by atoms with van der Waals surface area (Å²) in [5.41, 5.74) is 1.70. The predicted molar refractivity (Wildman–Crippen MR) is 92.7 cm³/mol. The summed E-state index contributed by atoms with van der Waals surface area (Å²) in [6.07, 6.45) is 5.14. The van der Waals surface area contributed by atoms with Crippen LogP contribution < -0.4 is 4.74 Å². The van der Waals surface area contributed by atoms with Crippen LogP contribution in [0.5, 0.6) is 5.75 Å². The SMILES string of the molecule is CCO[C@H]1C=C[C@@]2(O)C3Cc4ccc(CO)c5c4[C@@]2(CCN3C)C1O5. The summed E-state index contributed by atoms with van der Waals surface area (Å²) in [5.74, 6) is 0.778. The molecule has 1 saturated heterocycles. The molecule has 5 heteroatoms. The van der Waals surface area contributed by atoms with E-state index in [2.05, 4.69) is 18.0 Å². The predicted octanol–water partition coefficient (Wildman–Crippen LogP) is 1.14. The molecule has 5 nitrogen and oxygen atoms in total. The van der Waals surface area contributed by atoms with E-state index in [1.165, 1.54) is 5.56 Å². The molecular weight excluding hydrogens is 318 g/mol. The molecule has 134 valence electrons. The van der Waals surface area contributed by atoms with Crippen LogP contribution in [-0.4, -0.2) is 59.2 Å². The molecule has 1 aromatic carbocycles. The maximum atomic E-state index is 11.9. The molecular formula is C20H25NO4. The minimum atomic E-state index is -0.968. The molecule has 5 atom stereocenters. The highest BCUT2D eigenvalue weighted by atomic mass is 16.5. The smallest absolute Gasteiger partial charge is 0.141 e. The van der Waals surface area contributed by atoms with E-state index in [4.69, 9.17) is 9.47 Å². The first-order valence-corrected chi connectivity index (χ1v) is 9.23. The highest BCUT2D eigenvalue weighted by Gasteiger charge is 2.71. The van der Waals surface area contributed by atoms with Crippen molar-refractivity contribution in [3.63, 3.8) is 0 Å². The Morgan fingerprint density at radius 2 is 2.24 bits per heavy atom. The van der Waals surface area contributed by atoms with Gasteiger partial charge in [-0.1, -0.05) is 24.3 Å². The molecule has 5 rings (SSSR count). The maximum absolute atomic E-state index is 11.9. The van der Waals surface area contributed by atoms with Crippen molar-refractivity contribution in [3.8, 4) is 5.75 Å². The lowest BCUT2D eigenvalue weighted by Crippen LogP contribution is -2.75. The first-order chi connectivity index (χ1) is 12.1. The standard InChI is InChI=1S/C20H25NO4/c1-3-24-14-6-7-20(23)15-10-12-4-5-13(11-22)17-16(12)19(20,18(14)25-17)8-9-21(15)2/h4-7,14-15,18,22-23H,3,8-11H2,1-2H3/t14-,15?,18?,19-,20+/m0/s1. The van der Waals surface area contributed by atoms with Crippen LogP contribution in [0.25, 0.3) is 0 Å². The van der Waals surface area contributed by atoms with Crippen molar-refractivity contribution < 1.29 is 19.7 Å². The normalized spacial score (nSPS) is 40.7. The van der Waals surface area contributed by atoms with Crippen molar-refractivity contribution in [2.75, 3.05) is 20.2 Å². The fourth-order valence-electron chi connectivity index (χ4n) is 5.80. The Labute approximate surface area is 147 Å². The van der Waals surface area contributed by atoms with Gasteiger partial charge in [0.2, 0.25) is 0 Å². The Morgan fingerprint density at radius 1 is 1.40 bits per heavy atom. The fourth-order valence-corrected chi connectivity index (χ4v) is 5.80. The number of aliphatic hydroxyl groups is 2. The van der Waals surface area contributed by atoms with Crippen molar-refractivity contribution in [3.05, 3.63) is 41.0 Å². The number of benzene rings is 1. The van der Waals surface area contributed by atoms with Crippen LogP contribution in [0.4, 0.5) is 0 Å². The third kappa shape index (κ3) is 1.68. The molecule has 25 heavy (non-hydrogen) atoms. The number of hydrogen-bond donors (Lipinski definition) is 2. The van der Waals surface area contributed by atoms with E-state index in [-0.39, 0.29) is 24.9 Å². The second-order valence-electron chi connectivity index (χ2n) is 7.81. The van der Waals surface area contributed by atoms with Gasteiger partial charge in [0.1, 0.15) is 23.6 Å². The van der Waals surface area contributed by atoms with Crippen molar-refractivity contribution in [1.82, 2.24) is 4.90 Å². The summed E-state index contributed by atoms with van der Waals surface area (Å²) in [7, 11) is 2.09. The van der Waals surface area contributed by atoms with E-state index in [1.807, 2.05) is 25.1 Å². The molecule has 2 aliphatic heterocycles. The van der Waals surface area contributed by atoms with Crippen LogP contribution in [0.3, 0.4) is 0 Å². The van der Waals surface area contributed by atoms with Gasteiger partial charge in [-0.15, -0.1) is 0 Å². The summed E-state index contributed by atoms with van der Waals surface area (Å²) >= 11 is 0. The first-order valence-electron chi connectivity index (χ1n) is 9.23. The summed E-state index contributed by atoms with van der Waals surface area (Å²) in [4.78, 5) is 2.27. The average Bonchev–Trinajstić information content (AvgIpc) is 2.96. The zero-order chi connectivity index (χ0) is 17.4. The molecule has 2 unspecified atom stereocenters. The molecule has 0 radical (unpaired) electrons. The summed E-state index contributed by atoms with van der Waals surface area (Å²) < 4.78 is 12.4. The number of nitrogens with zero attached hydrogens (tertiary/aromatic N) is 1. The Hall–Kier alpha value is -1.40. The Morgan fingerprint density at radius 3 is 3.00 bits per heavy atom. The van der Waals surface area contributed by atoms with E-state index >= 15 is 0 Å². The van der Waals surface area contributed by atoms with E-state index in [0.29, 0.717) is 6.61 Å². The van der Waals surface area contributed by atoms with Gasteiger partial charge >= 0.3 is 0 Å². The van der Waals surface area contributed by atoms with Gasteiger partial charge < -0.3 is 19.7 Å². The summed E-state index contributed by atoms with van der Waals surface area (Å²) in [5, 5.41) is 21.7. The highest BCUT2D eigenvalue weighted by Crippen LogP contribution is 2.63. The van der Waals surface area contributed by atoms with E-state index in [9.17, 15) is 10.2 Å². The largest absolute Gasteiger partial charge is 0.486 e. The zero-order valence-corrected chi connectivity index (χ0v) is 14.7. The second kappa shape index (κ2) is 5.07. The van der Waals surface area contributed by atoms with Crippen LogP contribution in [0, 0.1) is 0 Å². The lowest BCUT2D eigenvalue weighted by atomic mass is 9.50. The average molecular weight is 343 g/mol. The van der Waals surface area contributed by atoms with Gasteiger partial charge in [0, 0.05) is 23.8 Å². The lowest BCUT2D eigenvalue weighted by molar-refractivity contribution is -0.157. The molecule has 2 heterocycles. The number of likely N-dealkylation sites (tertiary alicyclic amines) is 1. The zero-order valence-electron chi connectivity index (χ0n) is 14.7. The van der Waals surface area contributed by atoms with Gasteiger partial charge in [-0.05, 0) is 38.9 Å². The van der Waals surface area contributed by atoms with Crippen LogP contribution in [0.1, 0.15) is 30.0 Å². The molecule has 2 aliphatic carbocycles. The Bertz CT molecular complexity index is 762. The van der Waals surface area contributed by atoms with Crippen LogP contribution in [-0.2, 0) is 23.2 Å². The number of likely N-dealkylation sites (N-methyl/N-ethyl adjacent to an activating group) is 1. The molecule has 0 saturated carbocycles. The number of rotatable bonds is 3. The monoisotopic (exact) mass is 343 g/mol. The summed E-state index contributed by atoms with van der Waals surface area (Å²) in [6.45, 7) is 3.45. The van der Waals surface area contributed by atoms with Gasteiger partial charge in [0.25, 0.3) is 0 Å². The van der Waals surface area contributed by atoms with Crippen LogP contribution in [0.2, 0.25) is 0 Å². The number of ether oxygens (including phenoxy) is 2.